The number of nitrogens with one attached hydrogen (secondary N) is 1. The van der Waals surface area contributed by atoms with E-state index in [1.807, 2.05) is 0 Å². The maximum absolute atomic E-state index is 9.92. The van der Waals surface area contributed by atoms with Gasteiger partial charge in [0.15, 0.2) is 0 Å². The minimum Gasteiger partial charge on any atom is -0.480 e. The molecule has 11 heavy (non-hydrogen) atoms. The number of hydrogen-bond acceptors (Lipinski definition) is 4. The van der Waals surface area contributed by atoms with Crippen LogP contribution in [0.1, 0.15) is 0 Å². The third-order valence-electron chi connectivity index (χ3n) is 0.970. The van der Waals surface area contributed by atoms with Crippen molar-refractivity contribution < 1.29 is 14.6 Å². The van der Waals surface area contributed by atoms with E-state index in [9.17, 15) is 4.79 Å². The van der Waals surface area contributed by atoms with Crippen LogP contribution < -0.4 is 11.1 Å². The Morgan fingerprint density at radius 3 is 2.82 bits per heavy atom. The highest BCUT2D eigenvalue weighted by Crippen LogP contribution is 1.72. The van der Waals surface area contributed by atoms with Crippen molar-refractivity contribution in [2.45, 2.75) is 0 Å². The number of rotatable bonds is 7. The van der Waals surface area contributed by atoms with E-state index in [0.717, 1.165) is 6.54 Å². The van der Waals surface area contributed by atoms with Gasteiger partial charge < -0.3 is 20.9 Å². The molecule has 0 radical (unpaired) electrons. The SMILES string of the molecule is NCCNCCOCC(=O)O. The summed E-state index contributed by atoms with van der Waals surface area (Å²) in [5.74, 6) is -0.941. The quantitative estimate of drug-likeness (QED) is 0.402. The molecular formula is C6H14N2O3. The molecule has 4 N–H and O–H groups in total. The number of carboxylic acid groups (broad SMARTS) is 1. The number of aliphatic carboxylic acids is 1. The molecule has 0 bridgehead atoms. The summed E-state index contributed by atoms with van der Waals surface area (Å²) in [5, 5.41) is 11.1. The van der Waals surface area contributed by atoms with E-state index in [4.69, 9.17) is 15.6 Å². The van der Waals surface area contributed by atoms with Crippen molar-refractivity contribution in [2.24, 2.45) is 5.73 Å². The molecule has 0 aromatic carbocycles. The van der Waals surface area contributed by atoms with Crippen LogP contribution >= 0.6 is 0 Å². The Bertz CT molecular complexity index is 108. The van der Waals surface area contributed by atoms with Crippen LogP contribution in [-0.2, 0) is 9.53 Å². The number of hydrogen-bond donors (Lipinski definition) is 3. The van der Waals surface area contributed by atoms with Crippen molar-refractivity contribution in [3.05, 3.63) is 0 Å². The van der Waals surface area contributed by atoms with E-state index in [-0.39, 0.29) is 6.61 Å². The van der Waals surface area contributed by atoms with Gasteiger partial charge in [-0.05, 0) is 0 Å². The van der Waals surface area contributed by atoms with Crippen LogP contribution in [0.2, 0.25) is 0 Å². The molecule has 0 amide bonds. The third kappa shape index (κ3) is 9.35. The first kappa shape index (κ1) is 10.3. The zero-order chi connectivity index (χ0) is 8.53. The summed E-state index contributed by atoms with van der Waals surface area (Å²) in [6.45, 7) is 2.14. The van der Waals surface area contributed by atoms with Crippen molar-refractivity contribution >= 4 is 5.97 Å². The predicted molar refractivity (Wildman–Crippen MR) is 40.4 cm³/mol. The van der Waals surface area contributed by atoms with Gasteiger partial charge in [0.1, 0.15) is 6.61 Å². The molecule has 5 nitrogen and oxygen atoms in total. The molecule has 0 unspecified atom stereocenters. The molecule has 0 aromatic rings. The fourth-order valence-electron chi connectivity index (χ4n) is 0.531. The summed E-state index contributed by atoms with van der Waals surface area (Å²) < 4.78 is 4.74. The van der Waals surface area contributed by atoms with Gasteiger partial charge in [-0.2, -0.15) is 0 Å². The van der Waals surface area contributed by atoms with Crippen LogP contribution in [0.15, 0.2) is 0 Å². The van der Waals surface area contributed by atoms with Gasteiger partial charge in [0, 0.05) is 19.6 Å². The normalized spacial score (nSPS) is 9.91. The first-order chi connectivity index (χ1) is 5.27. The van der Waals surface area contributed by atoms with Gasteiger partial charge in [0.25, 0.3) is 0 Å². The molecule has 0 fully saturated rings. The number of carbonyl (C=O) groups is 1. The standard InChI is InChI=1S/C6H14N2O3/c7-1-2-8-3-4-11-5-6(9)10/h8H,1-5,7H2,(H,9,10). The summed E-state index contributed by atoms with van der Waals surface area (Å²) in [5.41, 5.74) is 5.19. The highest BCUT2D eigenvalue weighted by molar-refractivity contribution is 5.67. The molecule has 0 heterocycles. The largest absolute Gasteiger partial charge is 0.480 e. The Hall–Kier alpha value is -0.650. The maximum Gasteiger partial charge on any atom is 0.329 e. The van der Waals surface area contributed by atoms with E-state index in [1.165, 1.54) is 0 Å². The van der Waals surface area contributed by atoms with Gasteiger partial charge in [-0.3, -0.25) is 0 Å². The lowest BCUT2D eigenvalue weighted by molar-refractivity contribution is -0.142. The average molecular weight is 162 g/mol. The molecular weight excluding hydrogens is 148 g/mol. The Morgan fingerprint density at radius 1 is 1.55 bits per heavy atom. The molecule has 0 atom stereocenters. The monoisotopic (exact) mass is 162 g/mol. The zero-order valence-corrected chi connectivity index (χ0v) is 6.38. The average Bonchev–Trinajstić information content (AvgIpc) is 1.96. The second-order valence-electron chi connectivity index (χ2n) is 1.98. The van der Waals surface area contributed by atoms with E-state index >= 15 is 0 Å². The van der Waals surface area contributed by atoms with Crippen LogP contribution in [-0.4, -0.2) is 43.9 Å². The Balaban J connectivity index is 2.85. The van der Waals surface area contributed by atoms with E-state index in [1.54, 1.807) is 0 Å². The van der Waals surface area contributed by atoms with Crippen LogP contribution in [0, 0.1) is 0 Å². The lowest BCUT2D eigenvalue weighted by Crippen LogP contribution is -2.26. The molecule has 0 aliphatic rings. The maximum atomic E-state index is 9.92. The van der Waals surface area contributed by atoms with Gasteiger partial charge in [-0.1, -0.05) is 0 Å². The van der Waals surface area contributed by atoms with Crippen LogP contribution in [0.5, 0.6) is 0 Å². The van der Waals surface area contributed by atoms with Gasteiger partial charge in [0.05, 0.1) is 6.61 Å². The van der Waals surface area contributed by atoms with Gasteiger partial charge in [0.2, 0.25) is 0 Å². The molecule has 0 aliphatic carbocycles. The molecule has 0 saturated heterocycles. The van der Waals surface area contributed by atoms with Gasteiger partial charge in [-0.25, -0.2) is 4.79 Å². The van der Waals surface area contributed by atoms with Crippen LogP contribution in [0.25, 0.3) is 0 Å². The number of nitrogens with two attached hydrogens (primary N) is 1. The van der Waals surface area contributed by atoms with Gasteiger partial charge >= 0.3 is 5.97 Å². The Morgan fingerprint density at radius 2 is 2.27 bits per heavy atom. The Kier molecular flexibility index (Phi) is 7.02. The molecule has 5 heteroatoms. The lowest BCUT2D eigenvalue weighted by Gasteiger charge is -2.01. The van der Waals surface area contributed by atoms with Crippen molar-refractivity contribution in [1.29, 1.82) is 0 Å². The molecule has 0 spiro atoms. The summed E-state index contributed by atoms with van der Waals surface area (Å²) >= 11 is 0. The highest BCUT2D eigenvalue weighted by atomic mass is 16.5. The predicted octanol–water partition coefficient (Wildman–Crippen LogP) is -1.36. The molecule has 0 aromatic heterocycles. The summed E-state index contributed by atoms with van der Waals surface area (Å²) in [4.78, 5) is 9.92. The van der Waals surface area contributed by atoms with Crippen LogP contribution in [0.4, 0.5) is 0 Å². The Labute approximate surface area is 65.5 Å². The summed E-state index contributed by atoms with van der Waals surface area (Å²) in [6, 6.07) is 0. The highest BCUT2D eigenvalue weighted by Gasteiger charge is 1.94. The van der Waals surface area contributed by atoms with Gasteiger partial charge in [-0.15, -0.1) is 0 Å². The molecule has 0 saturated carbocycles. The van der Waals surface area contributed by atoms with Crippen LogP contribution in [0.3, 0.4) is 0 Å². The minimum absolute atomic E-state index is 0.232. The smallest absolute Gasteiger partial charge is 0.329 e. The second-order valence-corrected chi connectivity index (χ2v) is 1.98. The van der Waals surface area contributed by atoms with E-state index in [2.05, 4.69) is 5.32 Å². The first-order valence-electron chi connectivity index (χ1n) is 3.47. The first-order valence-corrected chi connectivity index (χ1v) is 3.47. The van der Waals surface area contributed by atoms with Crippen molar-refractivity contribution in [2.75, 3.05) is 32.8 Å². The lowest BCUT2D eigenvalue weighted by atomic mass is 10.6. The number of carboxylic acids is 1. The summed E-state index contributed by atoms with van der Waals surface area (Å²) in [6.07, 6.45) is 0. The summed E-state index contributed by atoms with van der Waals surface area (Å²) in [7, 11) is 0. The fraction of sp³-hybridized carbons (Fsp3) is 0.833. The van der Waals surface area contributed by atoms with E-state index < -0.39 is 5.97 Å². The van der Waals surface area contributed by atoms with Crippen molar-refractivity contribution in [3.63, 3.8) is 0 Å². The van der Waals surface area contributed by atoms with Crippen molar-refractivity contribution in [1.82, 2.24) is 5.32 Å². The zero-order valence-electron chi connectivity index (χ0n) is 6.38. The third-order valence-corrected chi connectivity index (χ3v) is 0.970. The molecule has 66 valence electrons. The number of ether oxygens (including phenoxy) is 1. The van der Waals surface area contributed by atoms with Crippen molar-refractivity contribution in [3.8, 4) is 0 Å². The molecule has 0 rings (SSSR count). The topological polar surface area (TPSA) is 84.6 Å². The second kappa shape index (κ2) is 7.46. The van der Waals surface area contributed by atoms with E-state index in [0.29, 0.717) is 19.7 Å². The fourth-order valence-corrected chi connectivity index (χ4v) is 0.531. The minimum atomic E-state index is -0.941. The molecule has 0 aliphatic heterocycles.